The van der Waals surface area contributed by atoms with E-state index in [0.717, 1.165) is 12.8 Å². The Balaban J connectivity index is 1.78. The summed E-state index contributed by atoms with van der Waals surface area (Å²) >= 11 is 0. The molecular weight excluding hydrogens is 282 g/mol. The Bertz CT molecular complexity index is 670. The highest BCUT2D eigenvalue weighted by atomic mass is 16.5. The average molecular weight is 301 g/mol. The van der Waals surface area contributed by atoms with E-state index in [1.54, 1.807) is 18.3 Å². The maximum Gasteiger partial charge on any atom is 0.320 e. The van der Waals surface area contributed by atoms with Crippen LogP contribution >= 0.6 is 0 Å². The lowest BCUT2D eigenvalue weighted by Gasteiger charge is -2.12. The molecule has 7 heteroatoms. The van der Waals surface area contributed by atoms with E-state index in [2.05, 4.69) is 25.6 Å². The van der Waals surface area contributed by atoms with Gasteiger partial charge in [0, 0.05) is 6.54 Å². The van der Waals surface area contributed by atoms with Crippen LogP contribution in [-0.4, -0.2) is 33.6 Å². The predicted octanol–water partition coefficient (Wildman–Crippen LogP) is 2.49. The normalized spacial score (nSPS) is 15.0. The van der Waals surface area contributed by atoms with Crippen LogP contribution in [0.5, 0.6) is 5.88 Å². The second-order valence-electron chi connectivity index (χ2n) is 5.26. The minimum absolute atomic E-state index is 0.225. The molecule has 0 saturated heterocycles. The molecule has 0 radical (unpaired) electrons. The number of anilines is 1. The van der Waals surface area contributed by atoms with Gasteiger partial charge >= 0.3 is 6.03 Å². The first kappa shape index (κ1) is 14.5. The Labute approximate surface area is 128 Å². The molecule has 116 valence electrons. The van der Waals surface area contributed by atoms with Crippen LogP contribution in [0.4, 0.5) is 10.6 Å². The predicted molar refractivity (Wildman–Crippen MR) is 82.9 cm³/mol. The van der Waals surface area contributed by atoms with Gasteiger partial charge in [-0.25, -0.2) is 14.8 Å². The number of rotatable bonds is 4. The highest BCUT2D eigenvalue weighted by Crippen LogP contribution is 2.23. The second-order valence-corrected chi connectivity index (χ2v) is 5.26. The van der Waals surface area contributed by atoms with Crippen molar-refractivity contribution in [3.63, 3.8) is 0 Å². The fourth-order valence-electron chi connectivity index (χ4n) is 2.51. The standard InChI is InChI=1S/C15H19N5O2/c1-2-16-15(21)19-12-8-7-11-14(18-12)20-13(9-17-11)22-10-5-3-4-6-10/h7-10H,2-6H2,1H3,(H2,16,18,19,20,21). The van der Waals surface area contributed by atoms with Gasteiger partial charge in [0.25, 0.3) is 0 Å². The number of hydrogen-bond donors (Lipinski definition) is 2. The SMILES string of the molecule is CCNC(=O)Nc1ccc2ncc(OC3CCCC3)nc2n1. The van der Waals surface area contributed by atoms with E-state index in [1.165, 1.54) is 12.8 Å². The van der Waals surface area contributed by atoms with Crippen LogP contribution in [0.3, 0.4) is 0 Å². The van der Waals surface area contributed by atoms with Gasteiger partial charge in [-0.3, -0.25) is 5.32 Å². The molecular formula is C15H19N5O2. The van der Waals surface area contributed by atoms with Gasteiger partial charge in [-0.05, 0) is 44.7 Å². The molecule has 22 heavy (non-hydrogen) atoms. The molecule has 3 rings (SSSR count). The summed E-state index contributed by atoms with van der Waals surface area (Å²) in [6, 6.07) is 3.18. The number of nitrogens with one attached hydrogen (secondary N) is 2. The number of pyridine rings is 1. The van der Waals surface area contributed by atoms with Crippen molar-refractivity contribution in [2.24, 2.45) is 0 Å². The van der Waals surface area contributed by atoms with E-state index in [9.17, 15) is 4.79 Å². The molecule has 2 aromatic heterocycles. The molecule has 1 aliphatic rings. The molecule has 2 heterocycles. The van der Waals surface area contributed by atoms with Crippen LogP contribution in [0.1, 0.15) is 32.6 Å². The lowest BCUT2D eigenvalue weighted by Crippen LogP contribution is -2.28. The van der Waals surface area contributed by atoms with Crippen molar-refractivity contribution >= 4 is 23.0 Å². The highest BCUT2D eigenvalue weighted by Gasteiger charge is 2.17. The minimum atomic E-state index is -0.291. The number of amides is 2. The van der Waals surface area contributed by atoms with Crippen molar-refractivity contribution in [2.45, 2.75) is 38.7 Å². The molecule has 1 saturated carbocycles. The Morgan fingerprint density at radius 3 is 2.91 bits per heavy atom. The van der Waals surface area contributed by atoms with Gasteiger partial charge in [0.05, 0.1) is 6.20 Å². The van der Waals surface area contributed by atoms with Crippen molar-refractivity contribution in [1.29, 1.82) is 0 Å². The highest BCUT2D eigenvalue weighted by molar-refractivity contribution is 5.89. The lowest BCUT2D eigenvalue weighted by molar-refractivity contribution is 0.201. The first-order valence-corrected chi connectivity index (χ1v) is 7.60. The summed E-state index contributed by atoms with van der Waals surface area (Å²) in [5.41, 5.74) is 1.13. The molecule has 2 amide bonds. The first-order chi connectivity index (χ1) is 10.7. The van der Waals surface area contributed by atoms with Gasteiger partial charge in [-0.1, -0.05) is 0 Å². The Morgan fingerprint density at radius 1 is 1.32 bits per heavy atom. The molecule has 0 atom stereocenters. The zero-order valence-electron chi connectivity index (χ0n) is 12.5. The zero-order valence-corrected chi connectivity index (χ0v) is 12.5. The molecule has 0 aromatic carbocycles. The maximum atomic E-state index is 11.5. The van der Waals surface area contributed by atoms with Crippen LogP contribution in [0.2, 0.25) is 0 Å². The van der Waals surface area contributed by atoms with Crippen LogP contribution in [0, 0.1) is 0 Å². The van der Waals surface area contributed by atoms with E-state index < -0.39 is 0 Å². The number of aromatic nitrogens is 3. The fraction of sp³-hybridized carbons (Fsp3) is 0.467. The Kier molecular flexibility index (Phi) is 4.32. The van der Waals surface area contributed by atoms with Crippen LogP contribution in [-0.2, 0) is 0 Å². The van der Waals surface area contributed by atoms with E-state index in [4.69, 9.17) is 4.74 Å². The Hall–Kier alpha value is -2.44. The number of carbonyl (C=O) groups is 1. The van der Waals surface area contributed by atoms with Gasteiger partial charge in [0.2, 0.25) is 5.88 Å². The van der Waals surface area contributed by atoms with Crippen molar-refractivity contribution in [1.82, 2.24) is 20.3 Å². The number of carbonyl (C=O) groups excluding carboxylic acids is 1. The maximum absolute atomic E-state index is 11.5. The summed E-state index contributed by atoms with van der Waals surface area (Å²) in [6.45, 7) is 2.41. The monoisotopic (exact) mass is 301 g/mol. The molecule has 1 fully saturated rings. The number of hydrogen-bond acceptors (Lipinski definition) is 5. The first-order valence-electron chi connectivity index (χ1n) is 7.60. The van der Waals surface area contributed by atoms with Crippen LogP contribution in [0.25, 0.3) is 11.2 Å². The number of nitrogens with zero attached hydrogens (tertiary/aromatic N) is 3. The van der Waals surface area contributed by atoms with Crippen molar-refractivity contribution < 1.29 is 9.53 Å². The van der Waals surface area contributed by atoms with E-state index in [-0.39, 0.29) is 12.1 Å². The van der Waals surface area contributed by atoms with Crippen molar-refractivity contribution in [3.8, 4) is 5.88 Å². The van der Waals surface area contributed by atoms with Gasteiger partial charge < -0.3 is 10.1 Å². The van der Waals surface area contributed by atoms with Gasteiger partial charge in [0.1, 0.15) is 17.4 Å². The molecule has 0 spiro atoms. The lowest BCUT2D eigenvalue weighted by atomic mass is 10.3. The van der Waals surface area contributed by atoms with Crippen LogP contribution < -0.4 is 15.4 Å². The summed E-state index contributed by atoms with van der Waals surface area (Å²) in [4.78, 5) is 24.5. The largest absolute Gasteiger partial charge is 0.473 e. The molecule has 7 nitrogen and oxygen atoms in total. The molecule has 0 aliphatic heterocycles. The zero-order chi connectivity index (χ0) is 15.4. The van der Waals surface area contributed by atoms with Crippen LogP contribution in [0.15, 0.2) is 18.3 Å². The molecule has 2 N–H and O–H groups in total. The molecule has 1 aliphatic carbocycles. The molecule has 0 unspecified atom stereocenters. The number of fused-ring (bicyclic) bond motifs is 1. The van der Waals surface area contributed by atoms with Gasteiger partial charge in [0.15, 0.2) is 5.65 Å². The summed E-state index contributed by atoms with van der Waals surface area (Å²) in [7, 11) is 0. The van der Waals surface area contributed by atoms with Gasteiger partial charge in [-0.2, -0.15) is 4.98 Å². The average Bonchev–Trinajstić information content (AvgIpc) is 3.00. The van der Waals surface area contributed by atoms with Crippen molar-refractivity contribution in [2.75, 3.05) is 11.9 Å². The summed E-state index contributed by atoms with van der Waals surface area (Å²) in [6.07, 6.45) is 6.37. The van der Waals surface area contributed by atoms with E-state index in [0.29, 0.717) is 29.4 Å². The summed E-state index contributed by atoms with van der Waals surface area (Å²) in [5.74, 6) is 0.924. The fourth-order valence-corrected chi connectivity index (χ4v) is 2.51. The Morgan fingerprint density at radius 2 is 2.14 bits per heavy atom. The summed E-state index contributed by atoms with van der Waals surface area (Å²) < 4.78 is 5.83. The summed E-state index contributed by atoms with van der Waals surface area (Å²) in [5, 5.41) is 5.31. The van der Waals surface area contributed by atoms with E-state index >= 15 is 0 Å². The third-order valence-corrected chi connectivity index (χ3v) is 3.55. The number of ether oxygens (including phenoxy) is 1. The van der Waals surface area contributed by atoms with Crippen molar-refractivity contribution in [3.05, 3.63) is 18.3 Å². The molecule has 0 bridgehead atoms. The topological polar surface area (TPSA) is 89.0 Å². The number of urea groups is 1. The molecule has 2 aromatic rings. The quantitative estimate of drug-likeness (QED) is 0.905. The van der Waals surface area contributed by atoms with Gasteiger partial charge in [-0.15, -0.1) is 0 Å². The van der Waals surface area contributed by atoms with E-state index in [1.807, 2.05) is 6.92 Å². The smallest absolute Gasteiger partial charge is 0.320 e. The second kappa shape index (κ2) is 6.55. The minimum Gasteiger partial charge on any atom is -0.473 e. The third kappa shape index (κ3) is 3.41. The third-order valence-electron chi connectivity index (χ3n) is 3.55.